The number of thiophene rings is 1. The van der Waals surface area contributed by atoms with Crippen LogP contribution in [0.1, 0.15) is 18.9 Å². The zero-order valence-electron chi connectivity index (χ0n) is 7.76. The summed E-state index contributed by atoms with van der Waals surface area (Å²) in [5, 5.41) is 0. The van der Waals surface area contributed by atoms with E-state index in [2.05, 4.69) is 27.8 Å². The molecular weight excluding hydrogens is 262 g/mol. The van der Waals surface area contributed by atoms with Gasteiger partial charge in [-0.3, -0.25) is 4.79 Å². The molecule has 0 saturated carbocycles. The first-order valence-electron chi connectivity index (χ1n) is 4.52. The number of fused-ring (bicyclic) bond motifs is 1. The van der Waals surface area contributed by atoms with Crippen LogP contribution in [0.25, 0.3) is 10.2 Å². The maximum atomic E-state index is 11.9. The van der Waals surface area contributed by atoms with Gasteiger partial charge in [0.1, 0.15) is 0 Å². The van der Waals surface area contributed by atoms with E-state index >= 15 is 0 Å². The van der Waals surface area contributed by atoms with E-state index in [9.17, 15) is 4.79 Å². The highest BCUT2D eigenvalue weighted by atomic mass is 79.9. The molecule has 0 saturated heterocycles. The number of hydrogen-bond acceptors (Lipinski definition) is 2. The minimum atomic E-state index is 0.177. The Morgan fingerprint density at radius 1 is 1.57 bits per heavy atom. The van der Waals surface area contributed by atoms with Crippen LogP contribution in [0.5, 0.6) is 0 Å². The van der Waals surface area contributed by atoms with Crippen molar-refractivity contribution in [2.24, 2.45) is 0 Å². The molecule has 0 aliphatic carbocycles. The number of aromatic nitrogens is 1. The van der Waals surface area contributed by atoms with Crippen molar-refractivity contribution in [1.29, 1.82) is 0 Å². The van der Waals surface area contributed by atoms with Crippen molar-refractivity contribution < 1.29 is 0 Å². The minimum Gasteiger partial charge on any atom is -0.360 e. The van der Waals surface area contributed by atoms with Crippen LogP contribution in [0, 0.1) is 0 Å². The van der Waals surface area contributed by atoms with Crippen LogP contribution in [-0.2, 0) is 6.42 Å². The summed E-state index contributed by atoms with van der Waals surface area (Å²) in [7, 11) is 0. The molecule has 2 heterocycles. The molecule has 0 amide bonds. The van der Waals surface area contributed by atoms with E-state index in [4.69, 9.17) is 0 Å². The van der Waals surface area contributed by atoms with Crippen LogP contribution >= 0.6 is 27.3 Å². The van der Waals surface area contributed by atoms with E-state index in [0.717, 1.165) is 32.4 Å². The predicted octanol–water partition coefficient (Wildman–Crippen LogP) is 3.30. The zero-order chi connectivity index (χ0) is 10.1. The van der Waals surface area contributed by atoms with Crippen molar-refractivity contribution in [3.05, 3.63) is 31.8 Å². The summed E-state index contributed by atoms with van der Waals surface area (Å²) in [4.78, 5) is 15.0. The first-order chi connectivity index (χ1) is 6.72. The second-order valence-electron chi connectivity index (χ2n) is 3.19. The van der Waals surface area contributed by atoms with Crippen LogP contribution in [0.2, 0.25) is 0 Å². The second kappa shape index (κ2) is 3.87. The summed E-state index contributed by atoms with van der Waals surface area (Å²) in [5.74, 6) is 0. The molecule has 0 aliphatic heterocycles. The van der Waals surface area contributed by atoms with E-state index in [1.165, 1.54) is 11.3 Å². The van der Waals surface area contributed by atoms with Gasteiger partial charge in [-0.05, 0) is 28.4 Å². The summed E-state index contributed by atoms with van der Waals surface area (Å²) in [6.45, 7) is 2.08. The summed E-state index contributed by atoms with van der Waals surface area (Å²) in [6, 6.07) is 1.94. The van der Waals surface area contributed by atoms with Gasteiger partial charge >= 0.3 is 0 Å². The monoisotopic (exact) mass is 271 g/mol. The Labute approximate surface area is 94.1 Å². The highest BCUT2D eigenvalue weighted by Crippen LogP contribution is 2.26. The van der Waals surface area contributed by atoms with Gasteiger partial charge in [-0.1, -0.05) is 13.3 Å². The third-order valence-corrected chi connectivity index (χ3v) is 3.76. The summed E-state index contributed by atoms with van der Waals surface area (Å²) in [6.07, 6.45) is 3.68. The molecule has 2 rings (SSSR count). The van der Waals surface area contributed by atoms with Crippen LogP contribution in [0.15, 0.2) is 20.8 Å². The Balaban J connectivity index is 2.68. The molecule has 1 N–H and O–H groups in total. The first-order valence-corrected chi connectivity index (χ1v) is 6.13. The minimum absolute atomic E-state index is 0.177. The van der Waals surface area contributed by atoms with E-state index < -0.39 is 0 Å². The Kier molecular flexibility index (Phi) is 2.74. The van der Waals surface area contributed by atoms with Crippen molar-refractivity contribution >= 4 is 37.5 Å². The summed E-state index contributed by atoms with van der Waals surface area (Å²) >= 11 is 4.87. The van der Waals surface area contributed by atoms with Crippen molar-refractivity contribution in [2.45, 2.75) is 19.8 Å². The molecular formula is C10H10BrNOS. The number of H-pyrrole nitrogens is 1. The first kappa shape index (κ1) is 9.93. The lowest BCUT2D eigenvalue weighted by Crippen LogP contribution is -2.07. The van der Waals surface area contributed by atoms with Gasteiger partial charge in [-0.2, -0.15) is 0 Å². The van der Waals surface area contributed by atoms with E-state index in [1.54, 1.807) is 0 Å². The second-order valence-corrected chi connectivity index (χ2v) is 5.62. The summed E-state index contributed by atoms with van der Waals surface area (Å²) in [5.41, 5.74) is 1.98. The van der Waals surface area contributed by atoms with E-state index in [0.29, 0.717) is 0 Å². The maximum absolute atomic E-state index is 11.9. The summed E-state index contributed by atoms with van der Waals surface area (Å²) < 4.78 is 1.82. The Hall–Kier alpha value is -0.610. The van der Waals surface area contributed by atoms with Crippen molar-refractivity contribution in [1.82, 2.24) is 4.98 Å². The van der Waals surface area contributed by atoms with Crippen molar-refractivity contribution in [3.8, 4) is 0 Å². The molecule has 0 aliphatic rings. The highest BCUT2D eigenvalue weighted by Gasteiger charge is 2.07. The molecule has 2 nitrogen and oxygen atoms in total. The van der Waals surface area contributed by atoms with Gasteiger partial charge < -0.3 is 4.98 Å². The molecule has 0 fully saturated rings. The number of nitrogens with one attached hydrogen (secondary N) is 1. The Morgan fingerprint density at radius 3 is 3.07 bits per heavy atom. The largest absolute Gasteiger partial charge is 0.360 e. The molecule has 0 bridgehead atoms. The molecule has 2 aromatic rings. The van der Waals surface area contributed by atoms with E-state index in [-0.39, 0.29) is 5.43 Å². The molecule has 2 aromatic heterocycles. The molecule has 0 aromatic carbocycles. The van der Waals surface area contributed by atoms with Crippen LogP contribution < -0.4 is 5.43 Å². The maximum Gasteiger partial charge on any atom is 0.202 e. The third-order valence-electron chi connectivity index (χ3n) is 2.12. The predicted molar refractivity (Wildman–Crippen MR) is 64.1 cm³/mol. The number of pyridine rings is 1. The Bertz CT molecular complexity index is 514. The lowest BCUT2D eigenvalue weighted by Gasteiger charge is -1.96. The molecule has 4 heteroatoms. The number of rotatable bonds is 2. The van der Waals surface area contributed by atoms with Gasteiger partial charge in [0.25, 0.3) is 0 Å². The fourth-order valence-corrected chi connectivity index (χ4v) is 3.01. The SMILES string of the molecule is CCCc1c[nH]c2cc(Br)sc2c1=O. The number of aromatic amines is 1. The molecule has 0 spiro atoms. The van der Waals surface area contributed by atoms with Gasteiger partial charge in [0, 0.05) is 11.8 Å². The molecule has 0 unspecified atom stereocenters. The quantitative estimate of drug-likeness (QED) is 0.893. The topological polar surface area (TPSA) is 32.9 Å². The number of halogens is 1. The molecule has 0 radical (unpaired) electrons. The molecule has 74 valence electrons. The van der Waals surface area contributed by atoms with Crippen LogP contribution in [-0.4, -0.2) is 4.98 Å². The fourth-order valence-electron chi connectivity index (χ4n) is 1.47. The molecule has 14 heavy (non-hydrogen) atoms. The fraction of sp³-hybridized carbons (Fsp3) is 0.300. The van der Waals surface area contributed by atoms with Gasteiger partial charge in [0.05, 0.1) is 14.0 Å². The molecule has 0 atom stereocenters. The smallest absolute Gasteiger partial charge is 0.202 e. The van der Waals surface area contributed by atoms with Gasteiger partial charge in [0.15, 0.2) is 0 Å². The Morgan fingerprint density at radius 2 is 2.36 bits per heavy atom. The average Bonchev–Trinajstić information content (AvgIpc) is 2.52. The normalized spacial score (nSPS) is 11.0. The standard InChI is InChI=1S/C10H10BrNOS/c1-2-3-6-5-12-7-4-8(11)14-10(7)9(6)13/h4-5H,2-3H2,1H3,(H,12,13). The van der Waals surface area contributed by atoms with Crippen molar-refractivity contribution in [3.63, 3.8) is 0 Å². The van der Waals surface area contributed by atoms with Crippen molar-refractivity contribution in [2.75, 3.05) is 0 Å². The van der Waals surface area contributed by atoms with E-state index in [1.807, 2.05) is 12.3 Å². The average molecular weight is 272 g/mol. The number of hydrogen-bond donors (Lipinski definition) is 1. The lowest BCUT2D eigenvalue weighted by molar-refractivity contribution is 0.910. The number of aryl methyl sites for hydroxylation is 1. The van der Waals surface area contributed by atoms with Gasteiger partial charge in [0.2, 0.25) is 5.43 Å². The van der Waals surface area contributed by atoms with Gasteiger partial charge in [-0.25, -0.2) is 0 Å². The lowest BCUT2D eigenvalue weighted by atomic mass is 10.1. The zero-order valence-corrected chi connectivity index (χ0v) is 10.2. The van der Waals surface area contributed by atoms with Crippen LogP contribution in [0.3, 0.4) is 0 Å². The van der Waals surface area contributed by atoms with Gasteiger partial charge in [-0.15, -0.1) is 11.3 Å². The highest BCUT2D eigenvalue weighted by molar-refractivity contribution is 9.11. The third kappa shape index (κ3) is 1.64. The van der Waals surface area contributed by atoms with Crippen LogP contribution in [0.4, 0.5) is 0 Å².